The third-order valence-corrected chi connectivity index (χ3v) is 6.23. The maximum Gasteiger partial charge on any atom is 0.135 e. The Morgan fingerprint density at radius 1 is 1.14 bits per heavy atom. The molecule has 3 aliphatic heterocycles. The van der Waals surface area contributed by atoms with E-state index in [1.165, 1.54) is 18.6 Å². The van der Waals surface area contributed by atoms with Gasteiger partial charge in [-0.05, 0) is 43.9 Å². The van der Waals surface area contributed by atoms with E-state index in [4.69, 9.17) is 9.47 Å². The molecule has 2 atom stereocenters. The van der Waals surface area contributed by atoms with Crippen LogP contribution in [0.3, 0.4) is 0 Å². The van der Waals surface area contributed by atoms with Crippen LogP contribution in [-0.4, -0.2) is 58.8 Å². The molecule has 0 N–H and O–H groups in total. The van der Waals surface area contributed by atoms with Crippen molar-refractivity contribution in [1.82, 2.24) is 19.9 Å². The third kappa shape index (κ3) is 4.03. The number of benzene rings is 1. The molecule has 4 heterocycles. The minimum atomic E-state index is -0.630. The number of aromatic nitrogens is 3. The molecule has 3 aliphatic rings. The lowest BCUT2D eigenvalue weighted by molar-refractivity contribution is -0.00504. The lowest BCUT2D eigenvalue weighted by Gasteiger charge is -2.26. The van der Waals surface area contributed by atoms with Gasteiger partial charge in [-0.2, -0.15) is 0 Å². The minimum Gasteiger partial charge on any atom is -0.381 e. The van der Waals surface area contributed by atoms with Gasteiger partial charge in [-0.25, -0.2) is 13.5 Å². The Balaban J connectivity index is 0.00000205. The highest BCUT2D eigenvalue weighted by molar-refractivity contribution is 5.85. The van der Waals surface area contributed by atoms with Crippen molar-refractivity contribution in [2.24, 2.45) is 5.92 Å². The van der Waals surface area contributed by atoms with Crippen molar-refractivity contribution in [3.63, 3.8) is 0 Å². The highest BCUT2D eigenvalue weighted by Crippen LogP contribution is 2.35. The van der Waals surface area contributed by atoms with Crippen molar-refractivity contribution < 1.29 is 18.3 Å². The second-order valence-electron chi connectivity index (χ2n) is 7.97. The first-order valence-corrected chi connectivity index (χ1v) is 10.00. The van der Waals surface area contributed by atoms with Gasteiger partial charge in [0.2, 0.25) is 0 Å². The standard InChI is InChI=1S/C20H24F2N4O2.ClH/c21-14-1-2-15(16(22)9-14)20-18-12-28-19-11-25(10-17(19)26(18)24-23-20)6-3-13-4-7-27-8-5-13;/h1-2,9,13,17,19H,3-8,10-12H2;1H/t17-,19-;/m1./s1. The van der Waals surface area contributed by atoms with E-state index >= 15 is 0 Å². The van der Waals surface area contributed by atoms with Crippen molar-refractivity contribution >= 4 is 12.4 Å². The van der Waals surface area contributed by atoms with Crippen LogP contribution in [0, 0.1) is 17.6 Å². The van der Waals surface area contributed by atoms with Gasteiger partial charge in [-0.3, -0.25) is 4.90 Å². The van der Waals surface area contributed by atoms with Crippen molar-refractivity contribution in [2.45, 2.75) is 38.0 Å². The van der Waals surface area contributed by atoms with Crippen molar-refractivity contribution in [2.75, 3.05) is 32.8 Å². The molecule has 0 amide bonds. The maximum absolute atomic E-state index is 14.2. The summed E-state index contributed by atoms with van der Waals surface area (Å²) in [6.45, 7) is 4.88. The Morgan fingerprint density at radius 2 is 1.97 bits per heavy atom. The fourth-order valence-corrected chi connectivity index (χ4v) is 4.61. The van der Waals surface area contributed by atoms with Gasteiger partial charge in [-0.1, -0.05) is 5.21 Å². The second-order valence-corrected chi connectivity index (χ2v) is 7.97. The summed E-state index contributed by atoms with van der Waals surface area (Å²) < 4.78 is 40.9. The average Bonchev–Trinajstić information content (AvgIpc) is 3.31. The number of hydrogen-bond acceptors (Lipinski definition) is 5. The van der Waals surface area contributed by atoms with Crippen LogP contribution in [0.1, 0.15) is 31.0 Å². The van der Waals surface area contributed by atoms with E-state index in [0.29, 0.717) is 12.3 Å². The normalized spacial score (nSPS) is 24.8. The molecule has 0 aliphatic carbocycles. The summed E-state index contributed by atoms with van der Waals surface area (Å²) in [7, 11) is 0. The predicted molar refractivity (Wildman–Crippen MR) is 105 cm³/mol. The quantitative estimate of drug-likeness (QED) is 0.751. The van der Waals surface area contributed by atoms with Crippen LogP contribution in [0.2, 0.25) is 0 Å². The highest BCUT2D eigenvalue weighted by Gasteiger charge is 2.40. The van der Waals surface area contributed by atoms with E-state index in [1.54, 1.807) is 0 Å². The van der Waals surface area contributed by atoms with E-state index in [9.17, 15) is 8.78 Å². The first kappa shape index (κ1) is 20.7. The molecule has 0 bridgehead atoms. The summed E-state index contributed by atoms with van der Waals surface area (Å²) in [5, 5.41) is 8.51. The first-order chi connectivity index (χ1) is 13.7. The fraction of sp³-hybridized carbons (Fsp3) is 0.600. The minimum absolute atomic E-state index is 0. The Morgan fingerprint density at radius 3 is 2.76 bits per heavy atom. The number of likely N-dealkylation sites (tertiary alicyclic amines) is 1. The predicted octanol–water partition coefficient (Wildman–Crippen LogP) is 3.22. The highest BCUT2D eigenvalue weighted by atomic mass is 35.5. The monoisotopic (exact) mass is 426 g/mol. The zero-order valence-electron chi connectivity index (χ0n) is 16.1. The maximum atomic E-state index is 14.2. The summed E-state index contributed by atoms with van der Waals surface area (Å²) in [4.78, 5) is 2.43. The fourth-order valence-electron chi connectivity index (χ4n) is 4.61. The van der Waals surface area contributed by atoms with E-state index in [0.717, 1.165) is 63.4 Å². The van der Waals surface area contributed by atoms with Gasteiger partial charge in [0.15, 0.2) is 0 Å². The van der Waals surface area contributed by atoms with Crippen LogP contribution in [0.4, 0.5) is 8.78 Å². The lowest BCUT2D eigenvalue weighted by atomic mass is 9.96. The zero-order valence-corrected chi connectivity index (χ0v) is 16.9. The molecule has 6 nitrogen and oxygen atoms in total. The number of hydrogen-bond donors (Lipinski definition) is 0. The SMILES string of the molecule is Cl.Fc1ccc(-c2nnn3c2CO[C@@H]2CN(CCC4CCOCC4)C[C@H]23)c(F)c1. The molecule has 0 unspecified atom stereocenters. The number of fused-ring (bicyclic) bond motifs is 3. The summed E-state index contributed by atoms with van der Waals surface area (Å²) in [5.41, 5.74) is 1.47. The number of nitrogens with zero attached hydrogens (tertiary/aromatic N) is 4. The Labute approximate surface area is 174 Å². The van der Waals surface area contributed by atoms with Gasteiger partial charge in [0.05, 0.1) is 24.4 Å². The van der Waals surface area contributed by atoms with Gasteiger partial charge in [0.1, 0.15) is 17.3 Å². The average molecular weight is 427 g/mol. The van der Waals surface area contributed by atoms with Crippen molar-refractivity contribution in [1.29, 1.82) is 0 Å². The Bertz CT molecular complexity index is 859. The largest absolute Gasteiger partial charge is 0.381 e. The molecule has 0 radical (unpaired) electrons. The summed E-state index contributed by atoms with van der Waals surface area (Å²) in [5.74, 6) is -0.489. The third-order valence-electron chi connectivity index (χ3n) is 6.23. The molecule has 1 aromatic carbocycles. The van der Waals surface area contributed by atoms with E-state index in [2.05, 4.69) is 15.2 Å². The molecule has 158 valence electrons. The van der Waals surface area contributed by atoms with E-state index in [1.807, 2.05) is 4.68 Å². The van der Waals surface area contributed by atoms with Crippen LogP contribution in [0.25, 0.3) is 11.3 Å². The van der Waals surface area contributed by atoms with Gasteiger partial charge in [0, 0.05) is 37.9 Å². The van der Waals surface area contributed by atoms with Gasteiger partial charge < -0.3 is 9.47 Å². The molecular weight excluding hydrogens is 402 g/mol. The Kier molecular flexibility index (Phi) is 6.15. The number of halogens is 3. The molecular formula is C20H25ClF2N4O2. The molecule has 2 aromatic rings. The van der Waals surface area contributed by atoms with Crippen LogP contribution in [0.15, 0.2) is 18.2 Å². The van der Waals surface area contributed by atoms with E-state index < -0.39 is 11.6 Å². The van der Waals surface area contributed by atoms with Gasteiger partial charge in [-0.15, -0.1) is 17.5 Å². The van der Waals surface area contributed by atoms with Gasteiger partial charge >= 0.3 is 0 Å². The van der Waals surface area contributed by atoms with Crippen molar-refractivity contribution in [3.8, 4) is 11.3 Å². The zero-order chi connectivity index (χ0) is 19.1. The molecule has 2 saturated heterocycles. The Hall–Kier alpha value is -1.61. The molecule has 9 heteroatoms. The van der Waals surface area contributed by atoms with E-state index in [-0.39, 0.29) is 30.1 Å². The second kappa shape index (κ2) is 8.63. The molecule has 5 rings (SSSR count). The summed E-state index contributed by atoms with van der Waals surface area (Å²) >= 11 is 0. The van der Waals surface area contributed by atoms with Crippen molar-refractivity contribution in [3.05, 3.63) is 35.5 Å². The smallest absolute Gasteiger partial charge is 0.135 e. The first-order valence-electron chi connectivity index (χ1n) is 10.00. The van der Waals surface area contributed by atoms with Crippen LogP contribution in [-0.2, 0) is 16.1 Å². The number of rotatable bonds is 4. The lowest BCUT2D eigenvalue weighted by Crippen LogP contribution is -2.32. The molecule has 29 heavy (non-hydrogen) atoms. The van der Waals surface area contributed by atoms with Crippen LogP contribution in [0.5, 0.6) is 0 Å². The molecule has 1 aromatic heterocycles. The van der Waals surface area contributed by atoms with Gasteiger partial charge in [0.25, 0.3) is 0 Å². The van der Waals surface area contributed by atoms with Crippen LogP contribution < -0.4 is 0 Å². The summed E-state index contributed by atoms with van der Waals surface area (Å²) in [6, 6.07) is 3.62. The topological polar surface area (TPSA) is 52.4 Å². The molecule has 2 fully saturated rings. The molecule has 0 spiro atoms. The number of ether oxygens (including phenoxy) is 2. The molecule has 0 saturated carbocycles. The van der Waals surface area contributed by atoms with Crippen LogP contribution >= 0.6 is 12.4 Å². The summed E-state index contributed by atoms with van der Waals surface area (Å²) in [6.07, 6.45) is 3.56.